The third-order valence-corrected chi connectivity index (χ3v) is 3.91. The van der Waals surface area contributed by atoms with Crippen molar-refractivity contribution in [1.82, 2.24) is 0 Å². The lowest BCUT2D eigenvalue weighted by Gasteiger charge is -2.18. The molecule has 0 amide bonds. The van der Waals surface area contributed by atoms with Gasteiger partial charge in [0.1, 0.15) is 0 Å². The van der Waals surface area contributed by atoms with Gasteiger partial charge in [-0.25, -0.2) is 0 Å². The van der Waals surface area contributed by atoms with Gasteiger partial charge in [0.15, 0.2) is 5.17 Å². The molecule has 1 aliphatic rings. The predicted molar refractivity (Wildman–Crippen MR) is 78.4 cm³/mol. The van der Waals surface area contributed by atoms with Crippen LogP contribution in [0.4, 0.5) is 11.4 Å². The van der Waals surface area contributed by atoms with E-state index < -0.39 is 0 Å². The molecule has 1 aliphatic heterocycles. The van der Waals surface area contributed by atoms with Crippen molar-refractivity contribution in [2.45, 2.75) is 19.4 Å². The molecule has 0 aromatic heterocycles. The minimum atomic E-state index is 0.0556. The third-order valence-electron chi connectivity index (χ3n) is 2.59. The van der Waals surface area contributed by atoms with Gasteiger partial charge in [-0.1, -0.05) is 23.9 Å². The summed E-state index contributed by atoms with van der Waals surface area (Å²) in [5, 5.41) is 4.44. The van der Waals surface area contributed by atoms with Gasteiger partial charge in [0.05, 0.1) is 16.9 Å². The molecule has 0 unspecified atom stereocenters. The van der Waals surface area contributed by atoms with E-state index in [-0.39, 0.29) is 5.54 Å². The highest BCUT2D eigenvalue weighted by atomic mass is 32.2. The topological polar surface area (TPSA) is 27.6 Å². The second-order valence-corrected chi connectivity index (χ2v) is 6.02. The fraction of sp³-hybridized carbons (Fsp3) is 0.462. The van der Waals surface area contributed by atoms with Crippen LogP contribution in [0.25, 0.3) is 0 Å². The first-order valence-electron chi connectivity index (χ1n) is 5.74. The molecule has 0 saturated carbocycles. The van der Waals surface area contributed by atoms with Crippen molar-refractivity contribution in [3.05, 3.63) is 24.3 Å². The van der Waals surface area contributed by atoms with Gasteiger partial charge in [-0.3, -0.25) is 4.99 Å². The highest BCUT2D eigenvalue weighted by Crippen LogP contribution is 2.30. The van der Waals surface area contributed by atoms with Crippen molar-refractivity contribution in [1.29, 1.82) is 0 Å². The van der Waals surface area contributed by atoms with E-state index in [1.54, 1.807) is 11.8 Å². The van der Waals surface area contributed by atoms with E-state index >= 15 is 0 Å². The molecule has 0 fully saturated rings. The first-order valence-corrected chi connectivity index (χ1v) is 6.72. The SMILES string of the molecule is CN(C)c1ccccc1NC1=NC(C)(C)CS1. The molecular weight excluding hydrogens is 230 g/mol. The van der Waals surface area contributed by atoms with E-state index in [0.29, 0.717) is 0 Å². The normalized spacial score (nSPS) is 17.8. The summed E-state index contributed by atoms with van der Waals surface area (Å²) < 4.78 is 0. The number of hydrogen-bond acceptors (Lipinski definition) is 4. The van der Waals surface area contributed by atoms with Gasteiger partial charge in [0.2, 0.25) is 0 Å². The van der Waals surface area contributed by atoms with Crippen molar-refractivity contribution in [3.8, 4) is 0 Å². The number of nitrogens with one attached hydrogen (secondary N) is 1. The van der Waals surface area contributed by atoms with E-state index in [1.165, 1.54) is 5.69 Å². The van der Waals surface area contributed by atoms with Crippen LogP contribution in [0.3, 0.4) is 0 Å². The van der Waals surface area contributed by atoms with Crippen molar-refractivity contribution in [3.63, 3.8) is 0 Å². The Labute approximate surface area is 107 Å². The standard InChI is InChI=1S/C13H19N3S/c1-13(2)9-17-12(15-13)14-10-7-5-6-8-11(10)16(3)4/h5-8H,9H2,1-4H3,(H,14,15). The average molecular weight is 249 g/mol. The molecular formula is C13H19N3S. The smallest absolute Gasteiger partial charge is 0.161 e. The maximum atomic E-state index is 4.67. The minimum Gasteiger partial charge on any atom is -0.376 e. The van der Waals surface area contributed by atoms with Gasteiger partial charge in [0.25, 0.3) is 0 Å². The van der Waals surface area contributed by atoms with Gasteiger partial charge >= 0.3 is 0 Å². The quantitative estimate of drug-likeness (QED) is 0.873. The van der Waals surface area contributed by atoms with Crippen LogP contribution < -0.4 is 10.2 Å². The Bertz CT molecular complexity index is 438. The zero-order valence-electron chi connectivity index (χ0n) is 10.8. The average Bonchev–Trinajstić information content (AvgIpc) is 2.58. The lowest BCUT2D eigenvalue weighted by Crippen LogP contribution is -2.16. The molecule has 4 heteroatoms. The molecule has 3 nitrogen and oxygen atoms in total. The predicted octanol–water partition coefficient (Wildman–Crippen LogP) is 3.05. The number of nitrogens with zero attached hydrogens (tertiary/aromatic N) is 2. The summed E-state index contributed by atoms with van der Waals surface area (Å²) in [4.78, 5) is 6.77. The molecule has 1 aromatic carbocycles. The van der Waals surface area contributed by atoms with Crippen LogP contribution in [-0.4, -0.2) is 30.6 Å². The number of benzene rings is 1. The van der Waals surface area contributed by atoms with Crippen LogP contribution in [0.1, 0.15) is 13.8 Å². The molecule has 0 bridgehead atoms. The summed E-state index contributed by atoms with van der Waals surface area (Å²) in [5.74, 6) is 1.04. The first-order chi connectivity index (χ1) is 7.98. The minimum absolute atomic E-state index is 0.0556. The fourth-order valence-corrected chi connectivity index (χ4v) is 2.78. The van der Waals surface area contributed by atoms with Gasteiger partial charge in [0, 0.05) is 19.8 Å². The Kier molecular flexibility index (Phi) is 3.33. The Morgan fingerprint density at radius 3 is 2.59 bits per heavy atom. The Morgan fingerprint density at radius 1 is 1.29 bits per heavy atom. The molecule has 0 spiro atoms. The number of para-hydroxylation sites is 2. The lowest BCUT2D eigenvalue weighted by molar-refractivity contribution is 0.605. The van der Waals surface area contributed by atoms with Crippen molar-refractivity contribution in [2.75, 3.05) is 30.1 Å². The van der Waals surface area contributed by atoms with Crippen molar-refractivity contribution in [2.24, 2.45) is 4.99 Å². The van der Waals surface area contributed by atoms with Crippen LogP contribution in [0.15, 0.2) is 29.3 Å². The number of rotatable bonds is 2. The van der Waals surface area contributed by atoms with E-state index in [1.807, 2.05) is 26.2 Å². The summed E-state index contributed by atoms with van der Waals surface area (Å²) in [6.07, 6.45) is 0. The third kappa shape index (κ3) is 2.94. The fourth-order valence-electron chi connectivity index (χ4n) is 1.73. The summed E-state index contributed by atoms with van der Waals surface area (Å²) in [6, 6.07) is 8.28. The Morgan fingerprint density at radius 2 is 2.00 bits per heavy atom. The molecule has 1 aromatic rings. The summed E-state index contributed by atoms with van der Waals surface area (Å²) in [5.41, 5.74) is 2.35. The molecule has 0 aliphatic carbocycles. The van der Waals surface area contributed by atoms with Gasteiger partial charge in [-0.05, 0) is 26.0 Å². The number of anilines is 2. The number of hydrogen-bond donors (Lipinski definition) is 1. The van der Waals surface area contributed by atoms with Gasteiger partial charge in [-0.15, -0.1) is 0 Å². The molecule has 2 rings (SSSR count). The van der Waals surface area contributed by atoms with Crippen molar-refractivity contribution >= 4 is 28.3 Å². The number of amidine groups is 1. The Balaban J connectivity index is 2.20. The van der Waals surface area contributed by atoms with Crippen LogP contribution in [0.5, 0.6) is 0 Å². The van der Waals surface area contributed by atoms with Gasteiger partial charge in [-0.2, -0.15) is 0 Å². The van der Waals surface area contributed by atoms with E-state index in [0.717, 1.165) is 16.6 Å². The first kappa shape index (κ1) is 12.3. The highest BCUT2D eigenvalue weighted by Gasteiger charge is 2.25. The molecule has 1 N–H and O–H groups in total. The lowest BCUT2D eigenvalue weighted by atomic mass is 10.1. The monoisotopic (exact) mass is 249 g/mol. The molecule has 0 atom stereocenters. The molecule has 0 saturated heterocycles. The van der Waals surface area contributed by atoms with Crippen LogP contribution >= 0.6 is 11.8 Å². The zero-order chi connectivity index (χ0) is 12.5. The second-order valence-electron chi connectivity index (χ2n) is 5.05. The Hall–Kier alpha value is -1.16. The summed E-state index contributed by atoms with van der Waals surface area (Å²) in [6.45, 7) is 4.32. The number of aliphatic imine (C=N–C) groups is 1. The van der Waals surface area contributed by atoms with Crippen molar-refractivity contribution < 1.29 is 0 Å². The summed E-state index contributed by atoms with van der Waals surface area (Å²) >= 11 is 1.78. The molecule has 0 radical (unpaired) electrons. The van der Waals surface area contributed by atoms with Crippen LogP contribution in [-0.2, 0) is 0 Å². The summed E-state index contributed by atoms with van der Waals surface area (Å²) in [7, 11) is 4.10. The molecule has 17 heavy (non-hydrogen) atoms. The van der Waals surface area contributed by atoms with Crippen LogP contribution in [0.2, 0.25) is 0 Å². The maximum absolute atomic E-state index is 4.67. The van der Waals surface area contributed by atoms with Crippen LogP contribution in [0, 0.1) is 0 Å². The second kappa shape index (κ2) is 4.61. The molecule has 92 valence electrons. The largest absolute Gasteiger partial charge is 0.376 e. The number of thioether (sulfide) groups is 1. The molecule has 1 heterocycles. The maximum Gasteiger partial charge on any atom is 0.161 e. The van der Waals surface area contributed by atoms with Gasteiger partial charge < -0.3 is 10.2 Å². The zero-order valence-corrected chi connectivity index (χ0v) is 11.6. The highest BCUT2D eigenvalue weighted by molar-refractivity contribution is 8.14. The van der Waals surface area contributed by atoms with E-state index in [2.05, 4.69) is 41.2 Å². The van der Waals surface area contributed by atoms with E-state index in [4.69, 9.17) is 0 Å². The van der Waals surface area contributed by atoms with E-state index in [9.17, 15) is 0 Å².